The highest BCUT2D eigenvalue weighted by Gasteiger charge is 2.09. The molecule has 4 aromatic carbocycles. The lowest BCUT2D eigenvalue weighted by molar-refractivity contribution is -0.120. The summed E-state index contributed by atoms with van der Waals surface area (Å²) in [6.07, 6.45) is 1.95. The van der Waals surface area contributed by atoms with Gasteiger partial charge < -0.3 is 4.74 Å². The summed E-state index contributed by atoms with van der Waals surface area (Å²) < 4.78 is 7.16. The molecule has 0 radical (unpaired) electrons. The third-order valence-corrected chi connectivity index (χ3v) is 6.00. The fraction of sp³-hybridized carbons (Fsp3) is 0.143. The van der Waals surface area contributed by atoms with Crippen molar-refractivity contribution in [1.82, 2.24) is 5.43 Å². The van der Waals surface area contributed by atoms with E-state index in [1.807, 2.05) is 86.6 Å². The maximum absolute atomic E-state index is 12.5. The summed E-state index contributed by atoms with van der Waals surface area (Å²) in [5.74, 6) is 0.555. The van der Waals surface area contributed by atoms with Crippen molar-refractivity contribution in [2.45, 2.75) is 26.9 Å². The predicted molar refractivity (Wildman–Crippen MR) is 138 cm³/mol. The van der Waals surface area contributed by atoms with E-state index in [4.69, 9.17) is 4.74 Å². The monoisotopic (exact) mass is 500 g/mol. The second kappa shape index (κ2) is 10.5. The third kappa shape index (κ3) is 5.88. The van der Waals surface area contributed by atoms with Gasteiger partial charge >= 0.3 is 0 Å². The molecule has 4 nitrogen and oxygen atoms in total. The predicted octanol–water partition coefficient (Wildman–Crippen LogP) is 6.49. The number of nitrogens with zero attached hydrogens (tertiary/aromatic N) is 1. The van der Waals surface area contributed by atoms with E-state index >= 15 is 0 Å². The highest BCUT2D eigenvalue weighted by Crippen LogP contribution is 2.27. The number of hydrogen-bond donors (Lipinski definition) is 1. The number of hydrazone groups is 1. The average molecular weight is 501 g/mol. The van der Waals surface area contributed by atoms with Gasteiger partial charge in [-0.3, -0.25) is 4.79 Å². The van der Waals surface area contributed by atoms with Crippen molar-refractivity contribution in [3.05, 3.63) is 111 Å². The molecule has 0 heterocycles. The smallest absolute Gasteiger partial charge is 0.244 e. The molecule has 0 saturated heterocycles. The van der Waals surface area contributed by atoms with Gasteiger partial charge in [-0.1, -0.05) is 82.2 Å². The number of hydrogen-bond acceptors (Lipinski definition) is 3. The molecule has 0 aromatic heterocycles. The molecule has 166 valence electrons. The van der Waals surface area contributed by atoms with Crippen LogP contribution in [0.1, 0.15) is 27.8 Å². The second-order valence-electron chi connectivity index (χ2n) is 8.01. The second-order valence-corrected chi connectivity index (χ2v) is 8.93. The molecule has 4 aromatic rings. The SMILES string of the molecule is Cc1ccc(CC(=O)N/N=C\c2c(OCc3ccc(Br)cc3)ccc3ccccc23)c(C)c1. The van der Waals surface area contributed by atoms with Crippen molar-refractivity contribution in [2.24, 2.45) is 5.10 Å². The Bertz CT molecular complexity index is 1310. The van der Waals surface area contributed by atoms with Gasteiger partial charge in [-0.05, 0) is 59.5 Å². The molecule has 1 amide bonds. The fourth-order valence-corrected chi connectivity index (χ4v) is 3.97. The van der Waals surface area contributed by atoms with E-state index in [0.717, 1.165) is 37.5 Å². The number of nitrogens with one attached hydrogen (secondary N) is 1. The Hall–Kier alpha value is -3.44. The largest absolute Gasteiger partial charge is 0.488 e. The molecule has 0 aliphatic carbocycles. The van der Waals surface area contributed by atoms with E-state index < -0.39 is 0 Å². The molecule has 0 spiro atoms. The van der Waals surface area contributed by atoms with Crippen LogP contribution in [0.15, 0.2) is 88.4 Å². The molecule has 4 rings (SSSR count). The maximum atomic E-state index is 12.5. The Morgan fingerprint density at radius 2 is 1.79 bits per heavy atom. The number of rotatable bonds is 7. The molecule has 5 heteroatoms. The summed E-state index contributed by atoms with van der Waals surface area (Å²) in [5.41, 5.74) is 7.84. The van der Waals surface area contributed by atoms with Crippen molar-refractivity contribution in [2.75, 3.05) is 0 Å². The van der Waals surface area contributed by atoms with Crippen LogP contribution >= 0.6 is 15.9 Å². The molecule has 0 atom stereocenters. The number of halogens is 1. The van der Waals surface area contributed by atoms with Gasteiger partial charge in [0.25, 0.3) is 0 Å². The normalized spacial score (nSPS) is 11.1. The first-order valence-corrected chi connectivity index (χ1v) is 11.6. The molecule has 0 fully saturated rings. The highest BCUT2D eigenvalue weighted by molar-refractivity contribution is 9.10. The van der Waals surface area contributed by atoms with Gasteiger partial charge in [-0.25, -0.2) is 5.43 Å². The Labute approximate surface area is 202 Å². The zero-order valence-corrected chi connectivity index (χ0v) is 20.2. The molecule has 0 bridgehead atoms. The van der Waals surface area contributed by atoms with Gasteiger partial charge in [0.05, 0.1) is 12.6 Å². The van der Waals surface area contributed by atoms with Crippen molar-refractivity contribution >= 4 is 38.8 Å². The highest BCUT2D eigenvalue weighted by atomic mass is 79.9. The summed E-state index contributed by atoms with van der Waals surface area (Å²) in [5, 5.41) is 6.34. The first kappa shape index (κ1) is 22.7. The molecule has 1 N–H and O–H groups in total. The first-order valence-electron chi connectivity index (χ1n) is 10.8. The summed E-state index contributed by atoms with van der Waals surface area (Å²) in [6.45, 7) is 4.50. The standard InChI is InChI=1S/C28H25BrN2O2/c1-19-7-10-23(20(2)15-19)16-28(32)31-30-17-26-25-6-4-3-5-22(25)11-14-27(26)33-18-21-8-12-24(29)13-9-21/h3-15,17H,16,18H2,1-2H3,(H,31,32)/b30-17-. The van der Waals surface area contributed by atoms with Crippen LogP contribution in [0.5, 0.6) is 5.75 Å². The van der Waals surface area contributed by atoms with Crippen molar-refractivity contribution in [3.63, 3.8) is 0 Å². The van der Waals surface area contributed by atoms with E-state index in [-0.39, 0.29) is 12.3 Å². The van der Waals surface area contributed by atoms with Gasteiger partial charge in [-0.2, -0.15) is 5.10 Å². The zero-order valence-electron chi connectivity index (χ0n) is 18.6. The van der Waals surface area contributed by atoms with Gasteiger partial charge in [0, 0.05) is 10.0 Å². The minimum absolute atomic E-state index is 0.157. The van der Waals surface area contributed by atoms with E-state index in [0.29, 0.717) is 12.4 Å². The van der Waals surface area contributed by atoms with Crippen molar-refractivity contribution in [3.8, 4) is 5.75 Å². The van der Waals surface area contributed by atoms with Crippen LogP contribution in [-0.4, -0.2) is 12.1 Å². The number of aryl methyl sites for hydroxylation is 2. The number of benzene rings is 4. The minimum atomic E-state index is -0.157. The van der Waals surface area contributed by atoms with E-state index in [1.165, 1.54) is 5.56 Å². The van der Waals surface area contributed by atoms with Crippen LogP contribution < -0.4 is 10.2 Å². The van der Waals surface area contributed by atoms with Crippen LogP contribution in [0.3, 0.4) is 0 Å². The maximum Gasteiger partial charge on any atom is 0.244 e. The Kier molecular flexibility index (Phi) is 7.20. The molecule has 0 aliphatic rings. The molecule has 0 aliphatic heterocycles. The van der Waals surface area contributed by atoms with Crippen LogP contribution in [0.2, 0.25) is 0 Å². The topological polar surface area (TPSA) is 50.7 Å². The fourth-order valence-electron chi connectivity index (χ4n) is 3.70. The van der Waals surface area contributed by atoms with Gasteiger partial charge in [0.2, 0.25) is 5.91 Å². The van der Waals surface area contributed by atoms with Crippen LogP contribution in [0, 0.1) is 13.8 Å². The number of amides is 1. The Morgan fingerprint density at radius 3 is 2.58 bits per heavy atom. The quantitative estimate of drug-likeness (QED) is 0.233. The van der Waals surface area contributed by atoms with Crippen molar-refractivity contribution < 1.29 is 9.53 Å². The minimum Gasteiger partial charge on any atom is -0.488 e. The molecular weight excluding hydrogens is 476 g/mol. The first-order chi connectivity index (χ1) is 16.0. The summed E-state index contributed by atoms with van der Waals surface area (Å²) in [7, 11) is 0. The third-order valence-electron chi connectivity index (χ3n) is 5.47. The number of carbonyl (C=O) groups excluding carboxylic acids is 1. The molecule has 0 unspecified atom stereocenters. The molecule has 0 saturated carbocycles. The van der Waals surface area contributed by atoms with E-state index in [9.17, 15) is 4.79 Å². The zero-order chi connectivity index (χ0) is 23.2. The van der Waals surface area contributed by atoms with Gasteiger partial charge in [-0.15, -0.1) is 0 Å². The number of carbonyl (C=O) groups is 1. The van der Waals surface area contributed by atoms with Crippen LogP contribution in [0.25, 0.3) is 10.8 Å². The lowest BCUT2D eigenvalue weighted by Gasteiger charge is -2.12. The Balaban J connectivity index is 1.52. The lowest BCUT2D eigenvalue weighted by atomic mass is 10.0. The number of fused-ring (bicyclic) bond motifs is 1. The average Bonchev–Trinajstić information content (AvgIpc) is 2.81. The van der Waals surface area contributed by atoms with Crippen LogP contribution in [-0.2, 0) is 17.8 Å². The van der Waals surface area contributed by atoms with Gasteiger partial charge in [0.1, 0.15) is 12.4 Å². The summed E-state index contributed by atoms with van der Waals surface area (Å²) in [4.78, 5) is 12.5. The summed E-state index contributed by atoms with van der Waals surface area (Å²) >= 11 is 3.46. The summed E-state index contributed by atoms with van der Waals surface area (Å²) in [6, 6.07) is 26.1. The molecular formula is C28H25BrN2O2. The van der Waals surface area contributed by atoms with E-state index in [2.05, 4.69) is 32.5 Å². The lowest BCUT2D eigenvalue weighted by Crippen LogP contribution is -2.20. The van der Waals surface area contributed by atoms with E-state index in [1.54, 1.807) is 6.21 Å². The van der Waals surface area contributed by atoms with Crippen molar-refractivity contribution in [1.29, 1.82) is 0 Å². The van der Waals surface area contributed by atoms with Crippen LogP contribution in [0.4, 0.5) is 0 Å². The molecule has 33 heavy (non-hydrogen) atoms. The Morgan fingerprint density at radius 1 is 1.00 bits per heavy atom. The van der Waals surface area contributed by atoms with Gasteiger partial charge in [0.15, 0.2) is 0 Å². The number of ether oxygens (including phenoxy) is 1.